The summed E-state index contributed by atoms with van der Waals surface area (Å²) < 4.78 is 0. The van der Waals surface area contributed by atoms with Gasteiger partial charge in [0.05, 0.1) is 0 Å². The summed E-state index contributed by atoms with van der Waals surface area (Å²) >= 11 is 0. The molecule has 1 fully saturated rings. The zero-order valence-electron chi connectivity index (χ0n) is 11.9. The number of rotatable bonds is 4. The lowest BCUT2D eigenvalue weighted by Gasteiger charge is -2.30. The molecule has 0 radical (unpaired) electrons. The predicted octanol–water partition coefficient (Wildman–Crippen LogP) is 5.73. The second kappa shape index (κ2) is 6.61. The minimum absolute atomic E-state index is 0.995. The smallest absolute Gasteiger partial charge is 0.0292 e. The molecule has 17 heavy (non-hydrogen) atoms. The van der Waals surface area contributed by atoms with Crippen molar-refractivity contribution >= 4 is 0 Å². The molecule has 0 N–H and O–H groups in total. The molecular formula is C17H30. The molecule has 0 aromatic carbocycles. The molecule has 0 bridgehead atoms. The third-order valence-electron chi connectivity index (χ3n) is 5.29. The molecule has 0 aliphatic heterocycles. The van der Waals surface area contributed by atoms with Crippen molar-refractivity contribution in [3.63, 3.8) is 0 Å². The molecule has 0 heterocycles. The van der Waals surface area contributed by atoms with E-state index in [1.165, 1.54) is 64.2 Å². The van der Waals surface area contributed by atoms with Crippen molar-refractivity contribution in [1.29, 1.82) is 0 Å². The number of allylic oxidation sites excluding steroid dienone is 2. The SMILES string of the molecule is CCC1CC=C(CC2CCC(CC)CC2)CC1. The molecule has 0 aromatic rings. The maximum absolute atomic E-state index is 2.59. The highest BCUT2D eigenvalue weighted by Crippen LogP contribution is 2.36. The molecule has 1 unspecified atom stereocenters. The molecule has 1 saturated carbocycles. The third-order valence-corrected chi connectivity index (χ3v) is 5.29. The summed E-state index contributed by atoms with van der Waals surface area (Å²) in [6, 6.07) is 0. The van der Waals surface area contributed by atoms with Gasteiger partial charge < -0.3 is 0 Å². The molecule has 1 atom stereocenters. The van der Waals surface area contributed by atoms with E-state index in [0.29, 0.717) is 0 Å². The summed E-state index contributed by atoms with van der Waals surface area (Å²) in [5.74, 6) is 3.08. The van der Waals surface area contributed by atoms with Crippen LogP contribution in [0.3, 0.4) is 0 Å². The van der Waals surface area contributed by atoms with Gasteiger partial charge in [0.1, 0.15) is 0 Å². The molecule has 0 aromatic heterocycles. The Morgan fingerprint density at radius 2 is 1.53 bits per heavy atom. The highest BCUT2D eigenvalue weighted by Gasteiger charge is 2.22. The normalized spacial score (nSPS) is 34.5. The van der Waals surface area contributed by atoms with Crippen molar-refractivity contribution in [2.75, 3.05) is 0 Å². The molecule has 0 amide bonds. The summed E-state index contributed by atoms with van der Waals surface area (Å²) in [7, 11) is 0. The second-order valence-electron chi connectivity index (χ2n) is 6.41. The van der Waals surface area contributed by atoms with E-state index >= 15 is 0 Å². The van der Waals surface area contributed by atoms with Crippen molar-refractivity contribution in [1.82, 2.24) is 0 Å². The third kappa shape index (κ3) is 3.86. The highest BCUT2D eigenvalue weighted by atomic mass is 14.3. The van der Waals surface area contributed by atoms with E-state index in [4.69, 9.17) is 0 Å². The predicted molar refractivity (Wildman–Crippen MR) is 76.1 cm³/mol. The lowest BCUT2D eigenvalue weighted by Crippen LogP contribution is -2.15. The highest BCUT2D eigenvalue weighted by molar-refractivity contribution is 5.07. The fourth-order valence-electron chi connectivity index (χ4n) is 3.71. The Balaban J connectivity index is 1.73. The van der Waals surface area contributed by atoms with Crippen LogP contribution in [-0.2, 0) is 0 Å². The van der Waals surface area contributed by atoms with Gasteiger partial charge >= 0.3 is 0 Å². The lowest BCUT2D eigenvalue weighted by atomic mass is 9.76. The van der Waals surface area contributed by atoms with E-state index in [0.717, 1.165) is 17.8 Å². The largest absolute Gasteiger partial charge is 0.0850 e. The van der Waals surface area contributed by atoms with Gasteiger partial charge in [0.15, 0.2) is 0 Å². The van der Waals surface area contributed by atoms with Gasteiger partial charge in [-0.15, -0.1) is 0 Å². The van der Waals surface area contributed by atoms with Gasteiger partial charge in [0.25, 0.3) is 0 Å². The van der Waals surface area contributed by atoms with E-state index in [1.807, 2.05) is 0 Å². The molecule has 2 rings (SSSR count). The summed E-state index contributed by atoms with van der Waals surface area (Å²) in [6.45, 7) is 4.70. The molecular weight excluding hydrogens is 204 g/mol. The first-order chi connectivity index (χ1) is 8.31. The minimum atomic E-state index is 0.995. The molecule has 0 spiro atoms. The van der Waals surface area contributed by atoms with Gasteiger partial charge in [0, 0.05) is 0 Å². The lowest BCUT2D eigenvalue weighted by molar-refractivity contribution is 0.264. The Hall–Kier alpha value is -0.260. The number of hydrogen-bond donors (Lipinski definition) is 0. The van der Waals surface area contributed by atoms with Crippen LogP contribution in [0.2, 0.25) is 0 Å². The Labute approximate surface area is 108 Å². The van der Waals surface area contributed by atoms with Crippen LogP contribution in [0.4, 0.5) is 0 Å². The van der Waals surface area contributed by atoms with E-state index in [2.05, 4.69) is 19.9 Å². The molecule has 0 nitrogen and oxygen atoms in total. The van der Waals surface area contributed by atoms with E-state index in [1.54, 1.807) is 5.57 Å². The van der Waals surface area contributed by atoms with Crippen LogP contribution in [0.25, 0.3) is 0 Å². The Morgan fingerprint density at radius 1 is 0.882 bits per heavy atom. The monoisotopic (exact) mass is 234 g/mol. The average molecular weight is 234 g/mol. The van der Waals surface area contributed by atoms with Crippen LogP contribution < -0.4 is 0 Å². The van der Waals surface area contributed by atoms with Gasteiger partial charge in [-0.25, -0.2) is 0 Å². The van der Waals surface area contributed by atoms with Crippen LogP contribution >= 0.6 is 0 Å². The quantitative estimate of drug-likeness (QED) is 0.545. The standard InChI is InChI=1S/C17H30/c1-3-14-5-9-16(10-6-14)13-17-11-7-15(4-2)8-12-17/h9,14-15,17H,3-8,10-13H2,1-2H3. The van der Waals surface area contributed by atoms with Gasteiger partial charge in [-0.3, -0.25) is 0 Å². The molecule has 0 saturated heterocycles. The Morgan fingerprint density at radius 3 is 2.06 bits per heavy atom. The minimum Gasteiger partial charge on any atom is -0.0850 e. The number of hydrogen-bond acceptors (Lipinski definition) is 0. The fraction of sp³-hybridized carbons (Fsp3) is 0.882. The molecule has 98 valence electrons. The van der Waals surface area contributed by atoms with Crippen LogP contribution in [0.5, 0.6) is 0 Å². The molecule has 0 heteroatoms. The Bertz CT molecular complexity index is 243. The van der Waals surface area contributed by atoms with Crippen LogP contribution in [0, 0.1) is 17.8 Å². The van der Waals surface area contributed by atoms with E-state index in [9.17, 15) is 0 Å². The van der Waals surface area contributed by atoms with Crippen molar-refractivity contribution in [3.8, 4) is 0 Å². The van der Waals surface area contributed by atoms with Gasteiger partial charge in [-0.2, -0.15) is 0 Å². The molecule has 2 aliphatic rings. The first-order valence-corrected chi connectivity index (χ1v) is 7.99. The summed E-state index contributed by atoms with van der Waals surface area (Å²) in [4.78, 5) is 0. The van der Waals surface area contributed by atoms with E-state index < -0.39 is 0 Å². The van der Waals surface area contributed by atoms with Crippen molar-refractivity contribution in [3.05, 3.63) is 11.6 Å². The molecule has 2 aliphatic carbocycles. The van der Waals surface area contributed by atoms with Crippen molar-refractivity contribution < 1.29 is 0 Å². The van der Waals surface area contributed by atoms with Crippen LogP contribution in [-0.4, -0.2) is 0 Å². The van der Waals surface area contributed by atoms with Crippen molar-refractivity contribution in [2.24, 2.45) is 17.8 Å². The van der Waals surface area contributed by atoms with E-state index in [-0.39, 0.29) is 0 Å². The maximum Gasteiger partial charge on any atom is -0.0292 e. The van der Waals surface area contributed by atoms with Crippen molar-refractivity contribution in [2.45, 2.75) is 78.1 Å². The zero-order chi connectivity index (χ0) is 12.1. The first kappa shape index (κ1) is 13.2. The van der Waals surface area contributed by atoms with Gasteiger partial charge in [-0.05, 0) is 56.3 Å². The topological polar surface area (TPSA) is 0 Å². The zero-order valence-corrected chi connectivity index (χ0v) is 11.9. The average Bonchev–Trinajstić information content (AvgIpc) is 2.40. The second-order valence-corrected chi connectivity index (χ2v) is 6.41. The Kier molecular flexibility index (Phi) is 5.13. The maximum atomic E-state index is 2.59. The van der Waals surface area contributed by atoms with Gasteiger partial charge in [0.2, 0.25) is 0 Å². The van der Waals surface area contributed by atoms with Crippen LogP contribution in [0.1, 0.15) is 78.1 Å². The summed E-state index contributed by atoms with van der Waals surface area (Å²) in [5, 5.41) is 0. The fourth-order valence-corrected chi connectivity index (χ4v) is 3.71. The first-order valence-electron chi connectivity index (χ1n) is 7.99. The van der Waals surface area contributed by atoms with Gasteiger partial charge in [-0.1, -0.05) is 51.2 Å². The van der Waals surface area contributed by atoms with Crippen LogP contribution in [0.15, 0.2) is 11.6 Å². The summed E-state index contributed by atoms with van der Waals surface area (Å²) in [6.07, 6.45) is 17.1. The summed E-state index contributed by atoms with van der Waals surface area (Å²) in [5.41, 5.74) is 1.80.